The van der Waals surface area contributed by atoms with E-state index in [9.17, 15) is 9.59 Å². The number of aryl methyl sites for hydroxylation is 2. The molecule has 126 valence electrons. The molecule has 0 aliphatic heterocycles. The number of carbonyl (C=O) groups is 2. The maximum atomic E-state index is 12.0. The van der Waals surface area contributed by atoms with Crippen molar-refractivity contribution >= 4 is 45.3 Å². The summed E-state index contributed by atoms with van der Waals surface area (Å²) in [6.07, 6.45) is 8.16. The number of aromatic nitrogens is 2. The van der Waals surface area contributed by atoms with Crippen LogP contribution in [0.4, 0.5) is 4.79 Å². The number of hydrogen-bond acceptors (Lipinski definition) is 6. The zero-order valence-electron chi connectivity index (χ0n) is 13.1. The molecule has 4 rings (SSSR count). The Morgan fingerprint density at radius 2 is 2.08 bits per heavy atom. The number of rotatable bonds is 4. The van der Waals surface area contributed by atoms with Gasteiger partial charge < -0.3 is 5.32 Å². The SMILES string of the molecule is O=C(CSc1ncnc2sc3c(c12)CCCC3)NC(=O)NC1CC1. The van der Waals surface area contributed by atoms with Gasteiger partial charge in [-0.2, -0.15) is 0 Å². The van der Waals surface area contributed by atoms with E-state index in [1.807, 2.05) is 0 Å². The van der Waals surface area contributed by atoms with Gasteiger partial charge in [0.25, 0.3) is 0 Å². The molecule has 2 aromatic heterocycles. The Morgan fingerprint density at radius 3 is 2.92 bits per heavy atom. The van der Waals surface area contributed by atoms with Gasteiger partial charge in [-0.1, -0.05) is 11.8 Å². The third-order valence-electron chi connectivity index (χ3n) is 4.22. The van der Waals surface area contributed by atoms with Crippen LogP contribution >= 0.6 is 23.1 Å². The third kappa shape index (κ3) is 3.39. The summed E-state index contributed by atoms with van der Waals surface area (Å²) in [5, 5.41) is 7.07. The Kier molecular flexibility index (Phi) is 4.41. The number of thioether (sulfide) groups is 1. The molecule has 6 nitrogen and oxygen atoms in total. The van der Waals surface area contributed by atoms with Crippen molar-refractivity contribution in [2.24, 2.45) is 0 Å². The quantitative estimate of drug-likeness (QED) is 0.645. The van der Waals surface area contributed by atoms with Crippen LogP contribution in [0.5, 0.6) is 0 Å². The highest BCUT2D eigenvalue weighted by atomic mass is 32.2. The molecule has 0 atom stereocenters. The van der Waals surface area contributed by atoms with Gasteiger partial charge in [0, 0.05) is 16.3 Å². The summed E-state index contributed by atoms with van der Waals surface area (Å²) in [6.45, 7) is 0. The van der Waals surface area contributed by atoms with Crippen LogP contribution in [0.1, 0.15) is 36.1 Å². The number of nitrogens with zero attached hydrogens (tertiary/aromatic N) is 2. The molecule has 0 saturated heterocycles. The van der Waals surface area contributed by atoms with Gasteiger partial charge in [-0.15, -0.1) is 11.3 Å². The summed E-state index contributed by atoms with van der Waals surface area (Å²) in [4.78, 5) is 34.7. The van der Waals surface area contributed by atoms with Crippen molar-refractivity contribution in [3.8, 4) is 0 Å². The van der Waals surface area contributed by atoms with Crippen molar-refractivity contribution < 1.29 is 9.59 Å². The van der Waals surface area contributed by atoms with Crippen LogP contribution in [0, 0.1) is 0 Å². The van der Waals surface area contributed by atoms with Crippen molar-refractivity contribution in [3.05, 3.63) is 16.8 Å². The second kappa shape index (κ2) is 6.68. The van der Waals surface area contributed by atoms with Crippen molar-refractivity contribution in [2.75, 3.05) is 5.75 Å². The van der Waals surface area contributed by atoms with E-state index in [0.29, 0.717) is 0 Å². The molecule has 3 amide bonds. The number of fused-ring (bicyclic) bond motifs is 3. The van der Waals surface area contributed by atoms with E-state index in [2.05, 4.69) is 20.6 Å². The van der Waals surface area contributed by atoms with Crippen LogP contribution < -0.4 is 10.6 Å². The fourth-order valence-corrected chi connectivity index (χ4v) is 5.04. The molecule has 2 aromatic rings. The van der Waals surface area contributed by atoms with Crippen molar-refractivity contribution in [3.63, 3.8) is 0 Å². The van der Waals surface area contributed by atoms with E-state index in [1.54, 1.807) is 17.7 Å². The van der Waals surface area contributed by atoms with Crippen molar-refractivity contribution in [1.29, 1.82) is 0 Å². The fourth-order valence-electron chi connectivity index (χ4n) is 2.92. The number of hydrogen-bond donors (Lipinski definition) is 2. The summed E-state index contributed by atoms with van der Waals surface area (Å²) >= 11 is 3.12. The molecule has 0 bridgehead atoms. The highest BCUT2D eigenvalue weighted by Gasteiger charge is 2.24. The highest BCUT2D eigenvalue weighted by molar-refractivity contribution is 8.00. The maximum Gasteiger partial charge on any atom is 0.321 e. The lowest BCUT2D eigenvalue weighted by Gasteiger charge is -2.11. The summed E-state index contributed by atoms with van der Waals surface area (Å²) in [5.74, 6) is -0.122. The number of nitrogens with one attached hydrogen (secondary N) is 2. The van der Waals surface area contributed by atoms with Gasteiger partial charge in [0.1, 0.15) is 16.2 Å². The summed E-state index contributed by atoms with van der Waals surface area (Å²) < 4.78 is 0. The number of imide groups is 1. The second-order valence-corrected chi connectivity index (χ2v) is 8.20. The molecule has 2 aliphatic carbocycles. The molecule has 8 heteroatoms. The summed E-state index contributed by atoms with van der Waals surface area (Å²) in [7, 11) is 0. The standard InChI is InChI=1S/C16H18N4O2S2/c21-12(20-16(22)19-9-5-6-9)7-23-14-13-10-3-1-2-4-11(10)24-15(13)18-8-17-14/h8-9H,1-7H2,(H2,19,20,21,22). The lowest BCUT2D eigenvalue weighted by molar-refractivity contribution is -0.117. The predicted octanol–water partition coefficient (Wildman–Crippen LogP) is 2.65. The Hall–Kier alpha value is -1.67. The van der Waals surface area contributed by atoms with E-state index in [-0.39, 0.29) is 17.7 Å². The van der Waals surface area contributed by atoms with Crippen LogP contribution in [0.3, 0.4) is 0 Å². The van der Waals surface area contributed by atoms with E-state index in [1.165, 1.54) is 35.0 Å². The van der Waals surface area contributed by atoms with Crippen LogP contribution in [-0.2, 0) is 17.6 Å². The molecule has 2 heterocycles. The van der Waals surface area contributed by atoms with Crippen LogP contribution in [-0.4, -0.2) is 33.7 Å². The van der Waals surface area contributed by atoms with E-state index < -0.39 is 6.03 Å². The first-order valence-corrected chi connectivity index (χ1v) is 9.99. The summed E-state index contributed by atoms with van der Waals surface area (Å²) in [5.41, 5.74) is 1.36. The largest absolute Gasteiger partial charge is 0.335 e. The molecule has 0 radical (unpaired) electrons. The molecule has 1 saturated carbocycles. The predicted molar refractivity (Wildman–Crippen MR) is 94.5 cm³/mol. The van der Waals surface area contributed by atoms with Gasteiger partial charge in [-0.3, -0.25) is 10.1 Å². The van der Waals surface area contributed by atoms with E-state index >= 15 is 0 Å². The topological polar surface area (TPSA) is 84.0 Å². The molecular formula is C16H18N4O2S2. The Morgan fingerprint density at radius 1 is 1.25 bits per heavy atom. The van der Waals surface area contributed by atoms with Gasteiger partial charge >= 0.3 is 6.03 Å². The average molecular weight is 362 g/mol. The number of urea groups is 1. The zero-order valence-corrected chi connectivity index (χ0v) is 14.8. The number of amides is 3. The minimum atomic E-state index is -0.399. The number of carbonyl (C=O) groups excluding carboxylic acids is 2. The van der Waals surface area contributed by atoms with Crippen LogP contribution in [0.25, 0.3) is 10.2 Å². The van der Waals surface area contributed by atoms with Crippen molar-refractivity contribution in [2.45, 2.75) is 49.6 Å². The zero-order chi connectivity index (χ0) is 16.5. The highest BCUT2D eigenvalue weighted by Crippen LogP contribution is 2.39. The molecule has 0 spiro atoms. The van der Waals surface area contributed by atoms with Gasteiger partial charge in [0.2, 0.25) is 5.91 Å². The molecule has 1 fully saturated rings. The third-order valence-corrected chi connectivity index (χ3v) is 6.41. The molecule has 2 N–H and O–H groups in total. The van der Waals surface area contributed by atoms with Crippen molar-refractivity contribution in [1.82, 2.24) is 20.6 Å². The number of thiophene rings is 1. The normalized spacial score (nSPS) is 16.7. The van der Waals surface area contributed by atoms with E-state index in [4.69, 9.17) is 0 Å². The minimum absolute atomic E-state index is 0.175. The fraction of sp³-hybridized carbons (Fsp3) is 0.500. The molecular weight excluding hydrogens is 344 g/mol. The smallest absolute Gasteiger partial charge is 0.321 e. The van der Waals surface area contributed by atoms with Crippen LogP contribution in [0.2, 0.25) is 0 Å². The molecule has 0 unspecified atom stereocenters. The maximum absolute atomic E-state index is 12.0. The van der Waals surface area contributed by atoms with Gasteiger partial charge in [-0.05, 0) is 44.1 Å². The molecule has 0 aromatic carbocycles. The Balaban J connectivity index is 1.45. The van der Waals surface area contributed by atoms with Crippen LogP contribution in [0.15, 0.2) is 11.4 Å². The first kappa shape index (κ1) is 15.8. The monoisotopic (exact) mass is 362 g/mol. The Labute approximate surface area is 147 Å². The van der Waals surface area contributed by atoms with Gasteiger partial charge in [0.15, 0.2) is 0 Å². The molecule has 2 aliphatic rings. The lowest BCUT2D eigenvalue weighted by Crippen LogP contribution is -2.41. The first-order chi connectivity index (χ1) is 11.7. The molecule has 24 heavy (non-hydrogen) atoms. The van der Waals surface area contributed by atoms with Gasteiger partial charge in [0.05, 0.1) is 5.75 Å². The first-order valence-electron chi connectivity index (χ1n) is 8.19. The minimum Gasteiger partial charge on any atom is -0.335 e. The average Bonchev–Trinajstić information content (AvgIpc) is 3.29. The Bertz CT molecular complexity index is 801. The van der Waals surface area contributed by atoms with E-state index in [0.717, 1.165) is 40.9 Å². The van der Waals surface area contributed by atoms with Gasteiger partial charge in [-0.25, -0.2) is 14.8 Å². The summed E-state index contributed by atoms with van der Waals surface area (Å²) in [6, 6.07) is -0.159. The second-order valence-electron chi connectivity index (χ2n) is 6.15. The lowest BCUT2D eigenvalue weighted by atomic mass is 9.97.